The van der Waals surface area contributed by atoms with Crippen LogP contribution >= 0.6 is 0 Å². The Kier molecular flexibility index (Phi) is 3.77. The third-order valence-electron chi connectivity index (χ3n) is 3.85. The number of carbonyl (C=O) groups excluding carboxylic acids is 2. The molecule has 0 radical (unpaired) electrons. The third-order valence-corrected chi connectivity index (χ3v) is 3.85. The molecule has 1 aromatic heterocycles. The van der Waals surface area contributed by atoms with Gasteiger partial charge in [-0.2, -0.15) is 5.10 Å². The Hall–Kier alpha value is -2.83. The number of hydrogen-bond acceptors (Lipinski definition) is 4. The molecule has 120 valence electrons. The molecule has 0 unspecified atom stereocenters. The highest BCUT2D eigenvalue weighted by atomic mass is 16.5. The van der Waals surface area contributed by atoms with Gasteiger partial charge in [-0.1, -0.05) is 12.1 Å². The average Bonchev–Trinajstić information content (AvgIpc) is 3.01. The Labute approximate surface area is 133 Å². The summed E-state index contributed by atoms with van der Waals surface area (Å²) < 4.78 is 7.45. The first-order chi connectivity index (χ1) is 11.0. The summed E-state index contributed by atoms with van der Waals surface area (Å²) in [6.45, 7) is 4.42. The van der Waals surface area contributed by atoms with Crippen molar-refractivity contribution >= 4 is 17.5 Å². The molecule has 2 aromatic rings. The molecule has 0 saturated carbocycles. The van der Waals surface area contributed by atoms with Gasteiger partial charge in [0.05, 0.1) is 17.9 Å². The lowest BCUT2D eigenvalue weighted by Crippen LogP contribution is -2.58. The molecule has 23 heavy (non-hydrogen) atoms. The van der Waals surface area contributed by atoms with Gasteiger partial charge < -0.3 is 15.4 Å². The number of aryl methyl sites for hydroxylation is 1. The lowest BCUT2D eigenvalue weighted by Gasteiger charge is -2.33. The van der Waals surface area contributed by atoms with E-state index in [0.717, 1.165) is 5.69 Å². The molecule has 2 heterocycles. The van der Waals surface area contributed by atoms with Gasteiger partial charge in [0.25, 0.3) is 17.4 Å². The number of nitrogens with one attached hydrogen (secondary N) is 2. The molecule has 0 bridgehead atoms. The van der Waals surface area contributed by atoms with E-state index in [4.69, 9.17) is 4.74 Å². The standard InChI is InChI=1S/C16H18N4O3/c1-3-20-11(8-9-18-20)10-17-14(21)16(2)15(22)19-12-6-4-5-7-13(12)23-16/h4-9H,3,10H2,1-2H3,(H,17,21)(H,19,22)/t16-/m0/s1. The molecule has 1 atom stereocenters. The molecule has 2 N–H and O–H groups in total. The van der Waals surface area contributed by atoms with Crippen LogP contribution in [0.2, 0.25) is 0 Å². The van der Waals surface area contributed by atoms with Gasteiger partial charge in [0.15, 0.2) is 0 Å². The van der Waals surface area contributed by atoms with E-state index in [0.29, 0.717) is 18.0 Å². The lowest BCUT2D eigenvalue weighted by molar-refractivity contribution is -0.146. The van der Waals surface area contributed by atoms with Crippen LogP contribution in [-0.2, 0) is 22.7 Å². The van der Waals surface area contributed by atoms with E-state index >= 15 is 0 Å². The minimum Gasteiger partial charge on any atom is -0.466 e. The van der Waals surface area contributed by atoms with E-state index in [1.54, 1.807) is 35.1 Å². The second-order valence-corrected chi connectivity index (χ2v) is 5.41. The van der Waals surface area contributed by atoms with Crippen LogP contribution in [0, 0.1) is 0 Å². The maximum atomic E-state index is 12.5. The smallest absolute Gasteiger partial charge is 0.278 e. The summed E-state index contributed by atoms with van der Waals surface area (Å²) in [5.41, 5.74) is -0.182. The summed E-state index contributed by atoms with van der Waals surface area (Å²) >= 11 is 0. The van der Waals surface area contributed by atoms with Crippen molar-refractivity contribution in [3.05, 3.63) is 42.2 Å². The van der Waals surface area contributed by atoms with Crippen molar-refractivity contribution in [3.63, 3.8) is 0 Å². The molecule has 0 saturated heterocycles. The summed E-state index contributed by atoms with van der Waals surface area (Å²) in [6.07, 6.45) is 1.67. The van der Waals surface area contributed by atoms with Crippen LogP contribution in [0.3, 0.4) is 0 Å². The van der Waals surface area contributed by atoms with Crippen LogP contribution in [-0.4, -0.2) is 27.2 Å². The van der Waals surface area contributed by atoms with Crippen molar-refractivity contribution in [2.75, 3.05) is 5.32 Å². The number of amides is 2. The van der Waals surface area contributed by atoms with Crippen molar-refractivity contribution < 1.29 is 14.3 Å². The van der Waals surface area contributed by atoms with Crippen molar-refractivity contribution in [1.82, 2.24) is 15.1 Å². The molecule has 3 rings (SSSR count). The number of nitrogens with zero attached hydrogens (tertiary/aromatic N) is 2. The molecule has 1 aliphatic rings. The first-order valence-corrected chi connectivity index (χ1v) is 7.43. The lowest BCUT2D eigenvalue weighted by atomic mass is 10.0. The zero-order chi connectivity index (χ0) is 16.4. The predicted octanol–water partition coefficient (Wildman–Crippen LogP) is 1.31. The topological polar surface area (TPSA) is 85.2 Å². The zero-order valence-corrected chi connectivity index (χ0v) is 13.0. The number of hydrogen-bond donors (Lipinski definition) is 2. The second-order valence-electron chi connectivity index (χ2n) is 5.41. The van der Waals surface area contributed by atoms with E-state index in [1.807, 2.05) is 13.0 Å². The van der Waals surface area contributed by atoms with Gasteiger partial charge in [0.2, 0.25) is 0 Å². The minimum atomic E-state index is -1.61. The van der Waals surface area contributed by atoms with Crippen molar-refractivity contribution in [1.29, 1.82) is 0 Å². The fourth-order valence-corrected chi connectivity index (χ4v) is 2.45. The van der Waals surface area contributed by atoms with Gasteiger partial charge in [0.1, 0.15) is 5.75 Å². The average molecular weight is 314 g/mol. The summed E-state index contributed by atoms with van der Waals surface area (Å²) in [6, 6.07) is 8.84. The SMILES string of the molecule is CCn1nccc1CNC(=O)[C@]1(C)Oc2ccccc2NC1=O. The molecule has 0 fully saturated rings. The molecule has 2 amide bonds. The van der Waals surface area contributed by atoms with Crippen LogP contribution in [0.25, 0.3) is 0 Å². The summed E-state index contributed by atoms with van der Waals surface area (Å²) in [7, 11) is 0. The molecule has 0 aliphatic carbocycles. The number of ether oxygens (including phenoxy) is 1. The van der Waals surface area contributed by atoms with Crippen molar-refractivity contribution in [2.45, 2.75) is 32.5 Å². The maximum absolute atomic E-state index is 12.5. The normalized spacial score (nSPS) is 19.5. The quantitative estimate of drug-likeness (QED) is 0.833. The zero-order valence-electron chi connectivity index (χ0n) is 13.0. The van der Waals surface area contributed by atoms with Gasteiger partial charge >= 0.3 is 0 Å². The molecule has 1 aliphatic heterocycles. The molecular weight excluding hydrogens is 296 g/mol. The van der Waals surface area contributed by atoms with Crippen molar-refractivity contribution in [2.24, 2.45) is 0 Å². The Morgan fingerprint density at radius 1 is 1.39 bits per heavy atom. The van der Waals surface area contributed by atoms with Gasteiger partial charge in [0, 0.05) is 12.7 Å². The number of fused-ring (bicyclic) bond motifs is 1. The summed E-state index contributed by atoms with van der Waals surface area (Å²) in [4.78, 5) is 24.8. The van der Waals surface area contributed by atoms with E-state index in [9.17, 15) is 9.59 Å². The van der Waals surface area contributed by atoms with E-state index in [2.05, 4.69) is 15.7 Å². The Morgan fingerprint density at radius 3 is 2.96 bits per heavy atom. The summed E-state index contributed by atoms with van der Waals surface area (Å²) in [5.74, 6) is -0.505. The summed E-state index contributed by atoms with van der Waals surface area (Å²) in [5, 5.41) is 9.59. The third kappa shape index (κ3) is 2.65. The van der Waals surface area contributed by atoms with Crippen LogP contribution in [0.1, 0.15) is 19.5 Å². The highest BCUT2D eigenvalue weighted by Gasteiger charge is 2.47. The first kappa shape index (κ1) is 15.1. The highest BCUT2D eigenvalue weighted by Crippen LogP contribution is 2.33. The largest absolute Gasteiger partial charge is 0.466 e. The van der Waals surface area contributed by atoms with E-state index in [1.165, 1.54) is 6.92 Å². The Balaban J connectivity index is 1.75. The van der Waals surface area contributed by atoms with Gasteiger partial charge in [-0.3, -0.25) is 14.3 Å². The Morgan fingerprint density at radius 2 is 2.17 bits per heavy atom. The predicted molar refractivity (Wildman–Crippen MR) is 83.9 cm³/mol. The van der Waals surface area contributed by atoms with Gasteiger partial charge in [-0.15, -0.1) is 0 Å². The minimum absolute atomic E-state index is 0.278. The van der Waals surface area contributed by atoms with Crippen LogP contribution < -0.4 is 15.4 Å². The van der Waals surface area contributed by atoms with E-state index in [-0.39, 0.29) is 6.54 Å². The Bertz CT molecular complexity index is 755. The van der Waals surface area contributed by atoms with Gasteiger partial charge in [-0.25, -0.2) is 0 Å². The molecule has 0 spiro atoms. The number of benzene rings is 1. The second kappa shape index (κ2) is 5.75. The number of para-hydroxylation sites is 2. The number of anilines is 1. The van der Waals surface area contributed by atoms with E-state index < -0.39 is 17.4 Å². The number of rotatable bonds is 4. The highest BCUT2D eigenvalue weighted by molar-refractivity contribution is 6.15. The fourth-order valence-electron chi connectivity index (χ4n) is 2.45. The monoisotopic (exact) mass is 314 g/mol. The van der Waals surface area contributed by atoms with Crippen LogP contribution in [0.4, 0.5) is 5.69 Å². The van der Waals surface area contributed by atoms with Crippen LogP contribution in [0.15, 0.2) is 36.5 Å². The first-order valence-electron chi connectivity index (χ1n) is 7.43. The maximum Gasteiger partial charge on any atom is 0.278 e. The number of carbonyl (C=O) groups is 2. The molecular formula is C16H18N4O3. The van der Waals surface area contributed by atoms with Crippen LogP contribution in [0.5, 0.6) is 5.75 Å². The molecule has 7 nitrogen and oxygen atoms in total. The molecule has 7 heteroatoms. The number of aromatic nitrogens is 2. The van der Waals surface area contributed by atoms with Gasteiger partial charge in [-0.05, 0) is 32.0 Å². The van der Waals surface area contributed by atoms with Crippen molar-refractivity contribution in [3.8, 4) is 5.75 Å². The molecule has 1 aromatic carbocycles. The fraction of sp³-hybridized carbons (Fsp3) is 0.312.